The summed E-state index contributed by atoms with van der Waals surface area (Å²) in [6, 6.07) is 3.70. The molecule has 1 unspecified atom stereocenters. The maximum Gasteiger partial charge on any atom is 0.303 e. The zero-order valence-electron chi connectivity index (χ0n) is 12.2. The Labute approximate surface area is 124 Å². The molecule has 2 rings (SSSR count). The van der Waals surface area contributed by atoms with Gasteiger partial charge < -0.3 is 14.5 Å². The Morgan fingerprint density at radius 2 is 2.14 bits per heavy atom. The summed E-state index contributed by atoms with van der Waals surface area (Å²) in [5, 5.41) is 2.96. The van der Waals surface area contributed by atoms with E-state index in [0.29, 0.717) is 5.76 Å². The average Bonchev–Trinajstić information content (AvgIpc) is 2.97. The van der Waals surface area contributed by atoms with Gasteiger partial charge in [-0.05, 0) is 37.1 Å². The van der Waals surface area contributed by atoms with Gasteiger partial charge in [0.05, 0.1) is 6.26 Å². The van der Waals surface area contributed by atoms with Crippen molar-refractivity contribution in [1.82, 2.24) is 5.32 Å². The largest absolute Gasteiger partial charge is 0.465 e. The number of ether oxygens (including phenoxy) is 1. The van der Waals surface area contributed by atoms with Crippen LogP contribution in [-0.4, -0.2) is 24.0 Å². The molecule has 0 bridgehead atoms. The van der Waals surface area contributed by atoms with E-state index >= 15 is 0 Å². The van der Waals surface area contributed by atoms with Gasteiger partial charge in [0.1, 0.15) is 5.76 Å². The fourth-order valence-electron chi connectivity index (χ4n) is 2.46. The molecular weight excluding hydrogens is 270 g/mol. The molecule has 1 aliphatic carbocycles. The van der Waals surface area contributed by atoms with E-state index in [1.54, 1.807) is 30.5 Å². The van der Waals surface area contributed by atoms with Crippen LogP contribution in [0.4, 0.5) is 0 Å². The molecule has 0 aromatic carbocycles. The molecule has 21 heavy (non-hydrogen) atoms. The number of hydrogen-bond donors (Lipinski definition) is 1. The van der Waals surface area contributed by atoms with Crippen LogP contribution in [0.5, 0.6) is 0 Å². The maximum atomic E-state index is 12.2. The Morgan fingerprint density at radius 3 is 2.76 bits per heavy atom. The highest BCUT2D eigenvalue weighted by Gasteiger charge is 2.23. The summed E-state index contributed by atoms with van der Waals surface area (Å²) in [5.74, 6) is -0.152. The van der Waals surface area contributed by atoms with Crippen molar-refractivity contribution in [1.29, 1.82) is 0 Å². The van der Waals surface area contributed by atoms with Crippen LogP contribution in [0.3, 0.4) is 0 Å². The summed E-state index contributed by atoms with van der Waals surface area (Å²) in [7, 11) is 0. The van der Waals surface area contributed by atoms with Gasteiger partial charge in [-0.1, -0.05) is 19.3 Å². The molecule has 1 aromatic heterocycles. The molecule has 0 aliphatic heterocycles. The third-order valence-electron chi connectivity index (χ3n) is 3.48. The molecule has 1 heterocycles. The number of hydrogen-bond acceptors (Lipinski definition) is 4. The Bertz CT molecular complexity index is 486. The third kappa shape index (κ3) is 5.10. The van der Waals surface area contributed by atoms with Gasteiger partial charge >= 0.3 is 5.97 Å². The second-order valence-corrected chi connectivity index (χ2v) is 5.25. The zero-order chi connectivity index (χ0) is 15.1. The molecule has 1 aromatic rings. The first-order chi connectivity index (χ1) is 10.1. The van der Waals surface area contributed by atoms with E-state index in [-0.39, 0.29) is 11.9 Å². The summed E-state index contributed by atoms with van der Waals surface area (Å²) in [5.41, 5.74) is 0. The second kappa shape index (κ2) is 7.67. The van der Waals surface area contributed by atoms with Crippen LogP contribution < -0.4 is 5.32 Å². The normalized spacial score (nSPS) is 17.6. The average molecular weight is 291 g/mol. The van der Waals surface area contributed by atoms with Crippen molar-refractivity contribution in [3.05, 3.63) is 30.2 Å². The number of esters is 1. The molecule has 1 atom stereocenters. The van der Waals surface area contributed by atoms with Crippen molar-refractivity contribution < 1.29 is 18.7 Å². The molecule has 5 heteroatoms. The lowest BCUT2D eigenvalue weighted by Crippen LogP contribution is -2.43. The summed E-state index contributed by atoms with van der Waals surface area (Å²) in [4.78, 5) is 23.4. The number of furan rings is 1. The second-order valence-electron chi connectivity index (χ2n) is 5.25. The summed E-state index contributed by atoms with van der Waals surface area (Å²) in [6.45, 7) is 1.29. The molecule has 0 radical (unpaired) electrons. The van der Waals surface area contributed by atoms with Crippen LogP contribution in [0, 0.1) is 0 Å². The van der Waals surface area contributed by atoms with Crippen molar-refractivity contribution in [3.63, 3.8) is 0 Å². The molecule has 114 valence electrons. The first-order valence-corrected chi connectivity index (χ1v) is 7.34. The van der Waals surface area contributed by atoms with Crippen LogP contribution in [0.15, 0.2) is 28.9 Å². The van der Waals surface area contributed by atoms with E-state index in [4.69, 9.17) is 9.15 Å². The predicted octanol–water partition coefficient (Wildman–Crippen LogP) is 2.67. The lowest BCUT2D eigenvalue weighted by molar-refractivity contribution is -0.151. The van der Waals surface area contributed by atoms with Crippen molar-refractivity contribution in [2.24, 2.45) is 0 Å². The molecule has 5 nitrogen and oxygen atoms in total. The van der Waals surface area contributed by atoms with Gasteiger partial charge in [-0.3, -0.25) is 9.59 Å². The van der Waals surface area contributed by atoms with Crippen LogP contribution >= 0.6 is 0 Å². The van der Waals surface area contributed by atoms with E-state index in [9.17, 15) is 9.59 Å². The molecule has 1 fully saturated rings. The zero-order valence-corrected chi connectivity index (χ0v) is 12.2. The number of nitrogens with one attached hydrogen (secondary N) is 1. The number of carbonyl (C=O) groups is 2. The predicted molar refractivity (Wildman–Crippen MR) is 78.3 cm³/mol. The van der Waals surface area contributed by atoms with E-state index in [2.05, 4.69) is 5.32 Å². The quantitative estimate of drug-likeness (QED) is 0.847. The molecule has 0 spiro atoms. The molecule has 0 saturated heterocycles. The van der Waals surface area contributed by atoms with Gasteiger partial charge in [-0.15, -0.1) is 0 Å². The van der Waals surface area contributed by atoms with E-state index in [1.807, 2.05) is 0 Å². The molecule has 1 aliphatic rings. The highest BCUT2D eigenvalue weighted by atomic mass is 16.5. The van der Waals surface area contributed by atoms with Crippen molar-refractivity contribution in [3.8, 4) is 0 Å². The Hall–Kier alpha value is -2.04. The molecule has 1 saturated carbocycles. The van der Waals surface area contributed by atoms with Crippen molar-refractivity contribution in [2.75, 3.05) is 0 Å². The fraction of sp³-hybridized carbons (Fsp3) is 0.500. The monoisotopic (exact) mass is 291 g/mol. The van der Waals surface area contributed by atoms with E-state index < -0.39 is 12.1 Å². The number of amides is 1. The maximum absolute atomic E-state index is 12.2. The van der Waals surface area contributed by atoms with Crippen molar-refractivity contribution >= 4 is 18.0 Å². The van der Waals surface area contributed by atoms with Gasteiger partial charge in [-0.25, -0.2) is 0 Å². The lowest BCUT2D eigenvalue weighted by Gasteiger charge is -2.24. The topological polar surface area (TPSA) is 68.5 Å². The molecule has 1 N–H and O–H groups in total. The number of rotatable bonds is 5. The van der Waals surface area contributed by atoms with Crippen LogP contribution in [0.25, 0.3) is 6.08 Å². The highest BCUT2D eigenvalue weighted by Crippen LogP contribution is 2.17. The third-order valence-corrected chi connectivity index (χ3v) is 3.48. The standard InChI is InChI=1S/C16H21NO4/c1-12(18)21-15(10-9-14-8-5-11-20-14)16(19)17-13-6-3-2-4-7-13/h5,8-11,13,15H,2-4,6-7H2,1H3,(H,17,19)/b10-9+. The van der Waals surface area contributed by atoms with Gasteiger partial charge in [0.2, 0.25) is 0 Å². The SMILES string of the molecule is CC(=O)OC(/C=C/c1ccco1)C(=O)NC1CCCCC1. The summed E-state index contributed by atoms with van der Waals surface area (Å²) < 4.78 is 10.2. The first-order valence-electron chi connectivity index (χ1n) is 7.34. The Kier molecular flexibility index (Phi) is 5.60. The van der Waals surface area contributed by atoms with Crippen molar-refractivity contribution in [2.45, 2.75) is 51.2 Å². The van der Waals surface area contributed by atoms with E-state index in [0.717, 1.165) is 25.7 Å². The van der Waals surface area contributed by atoms with Crippen LogP contribution in [0.2, 0.25) is 0 Å². The van der Waals surface area contributed by atoms with Gasteiger partial charge in [0.15, 0.2) is 6.10 Å². The summed E-state index contributed by atoms with van der Waals surface area (Å²) >= 11 is 0. The highest BCUT2D eigenvalue weighted by molar-refractivity contribution is 5.86. The Balaban J connectivity index is 1.96. The lowest BCUT2D eigenvalue weighted by atomic mass is 9.95. The summed E-state index contributed by atoms with van der Waals surface area (Å²) in [6.07, 6.45) is 9.25. The molecular formula is C16H21NO4. The fourth-order valence-corrected chi connectivity index (χ4v) is 2.46. The van der Waals surface area contributed by atoms with Gasteiger partial charge in [0, 0.05) is 13.0 Å². The van der Waals surface area contributed by atoms with Crippen LogP contribution in [-0.2, 0) is 14.3 Å². The minimum Gasteiger partial charge on any atom is -0.465 e. The number of carbonyl (C=O) groups excluding carboxylic acids is 2. The van der Waals surface area contributed by atoms with Gasteiger partial charge in [-0.2, -0.15) is 0 Å². The van der Waals surface area contributed by atoms with E-state index in [1.165, 1.54) is 13.3 Å². The molecule has 1 amide bonds. The first kappa shape index (κ1) is 15.4. The Morgan fingerprint density at radius 1 is 1.38 bits per heavy atom. The smallest absolute Gasteiger partial charge is 0.303 e. The van der Waals surface area contributed by atoms with Gasteiger partial charge in [0.25, 0.3) is 5.91 Å². The minimum absolute atomic E-state index is 0.182. The minimum atomic E-state index is -0.922. The van der Waals surface area contributed by atoms with Crippen LogP contribution in [0.1, 0.15) is 44.8 Å².